The molecule has 2 heterocycles. The van der Waals surface area contributed by atoms with Gasteiger partial charge in [0.1, 0.15) is 5.15 Å². The fourth-order valence-corrected chi connectivity index (χ4v) is 4.69. The molecule has 8 heteroatoms. The summed E-state index contributed by atoms with van der Waals surface area (Å²) in [5.41, 5.74) is -1.96. The summed E-state index contributed by atoms with van der Waals surface area (Å²) in [6.07, 6.45) is 1.36. The van der Waals surface area contributed by atoms with Crippen molar-refractivity contribution in [2.45, 2.75) is 9.84 Å². The molecule has 0 bridgehead atoms. The molecule has 21 heavy (non-hydrogen) atoms. The quantitative estimate of drug-likeness (QED) is 0.679. The van der Waals surface area contributed by atoms with Gasteiger partial charge in [0, 0.05) is 11.8 Å². The molecule has 0 fully saturated rings. The van der Waals surface area contributed by atoms with Gasteiger partial charge >= 0.3 is 0 Å². The molecule has 0 aliphatic rings. The van der Waals surface area contributed by atoms with Gasteiger partial charge in [0.2, 0.25) is 19.7 Å². The van der Waals surface area contributed by atoms with Gasteiger partial charge in [0.15, 0.2) is 0 Å². The maximum atomic E-state index is 14.4. The summed E-state index contributed by atoms with van der Waals surface area (Å²) < 4.78 is 39.5. The van der Waals surface area contributed by atoms with Gasteiger partial charge in [0.05, 0.1) is 10.2 Å². The fourth-order valence-electron chi connectivity index (χ4n) is 1.80. The largest absolute Gasteiger partial charge is 0.244 e. The Kier molecular flexibility index (Phi) is 3.64. The highest BCUT2D eigenvalue weighted by Crippen LogP contribution is 2.36. The van der Waals surface area contributed by atoms with Crippen LogP contribution in [-0.4, -0.2) is 18.4 Å². The second kappa shape index (κ2) is 5.32. The van der Waals surface area contributed by atoms with E-state index in [2.05, 4.69) is 9.97 Å². The molecule has 0 aliphatic carbocycles. The van der Waals surface area contributed by atoms with E-state index in [1.54, 1.807) is 24.3 Å². The molecule has 3 aromatic rings. The van der Waals surface area contributed by atoms with Crippen LogP contribution < -0.4 is 0 Å². The predicted octanol–water partition coefficient (Wildman–Crippen LogP) is 3.79. The first-order valence-corrected chi connectivity index (χ1v) is 8.58. The Balaban J connectivity index is 2.09. The van der Waals surface area contributed by atoms with Crippen molar-refractivity contribution in [3.8, 4) is 0 Å². The van der Waals surface area contributed by atoms with Crippen molar-refractivity contribution < 1.29 is 12.8 Å². The third kappa shape index (κ3) is 2.52. The van der Waals surface area contributed by atoms with E-state index in [1.165, 1.54) is 18.3 Å². The van der Waals surface area contributed by atoms with E-state index in [1.807, 2.05) is 0 Å². The minimum atomic E-state index is -4.26. The molecule has 0 saturated carbocycles. The van der Waals surface area contributed by atoms with Crippen LogP contribution in [0.2, 0.25) is 5.15 Å². The molecular weight excluding hydrogens is 335 g/mol. The maximum absolute atomic E-state index is 14.4. The summed E-state index contributed by atoms with van der Waals surface area (Å²) >= 11 is 6.69. The summed E-state index contributed by atoms with van der Waals surface area (Å²) in [5, 5.41) is -0.172. The van der Waals surface area contributed by atoms with Crippen molar-refractivity contribution in [3.05, 3.63) is 53.3 Å². The fraction of sp³-hybridized carbons (Fsp3) is 0.0769. The number of aromatic nitrogens is 2. The summed E-state index contributed by atoms with van der Waals surface area (Å²) in [6.45, 7) is 0. The van der Waals surface area contributed by atoms with Crippen LogP contribution in [-0.2, 0) is 9.84 Å². The van der Waals surface area contributed by atoms with E-state index in [9.17, 15) is 12.8 Å². The van der Waals surface area contributed by atoms with Crippen molar-refractivity contribution in [3.63, 3.8) is 0 Å². The van der Waals surface area contributed by atoms with Gasteiger partial charge in [-0.05, 0) is 18.2 Å². The highest BCUT2D eigenvalue weighted by Gasteiger charge is 2.33. The van der Waals surface area contributed by atoms with Gasteiger partial charge in [0.25, 0.3) is 0 Å². The number of sulfone groups is 1. The Labute approximate surface area is 129 Å². The zero-order chi connectivity index (χ0) is 15.0. The first-order chi connectivity index (χ1) is 10.00. The molecule has 1 atom stereocenters. The lowest BCUT2D eigenvalue weighted by Gasteiger charge is -2.08. The molecule has 1 unspecified atom stereocenters. The lowest BCUT2D eigenvalue weighted by Crippen LogP contribution is -2.10. The van der Waals surface area contributed by atoms with Gasteiger partial charge in [-0.15, -0.1) is 11.3 Å². The molecule has 0 aliphatic heterocycles. The van der Waals surface area contributed by atoms with E-state index in [0.717, 1.165) is 11.3 Å². The maximum Gasteiger partial charge on any atom is 0.241 e. The van der Waals surface area contributed by atoms with E-state index < -0.39 is 15.3 Å². The monoisotopic (exact) mass is 342 g/mol. The third-order valence-electron chi connectivity index (χ3n) is 2.82. The molecule has 0 amide bonds. The van der Waals surface area contributed by atoms with Crippen molar-refractivity contribution in [2.24, 2.45) is 0 Å². The molecule has 0 saturated heterocycles. The summed E-state index contributed by atoms with van der Waals surface area (Å²) in [5.74, 6) is 0. The van der Waals surface area contributed by atoms with Crippen LogP contribution in [0.5, 0.6) is 0 Å². The zero-order valence-electron chi connectivity index (χ0n) is 10.4. The predicted molar refractivity (Wildman–Crippen MR) is 79.9 cm³/mol. The van der Waals surface area contributed by atoms with Crippen molar-refractivity contribution in [1.82, 2.24) is 9.97 Å². The average Bonchev–Trinajstić information content (AvgIpc) is 2.92. The molecule has 2 aromatic heterocycles. The van der Waals surface area contributed by atoms with Gasteiger partial charge in [-0.25, -0.2) is 22.8 Å². The standard InChI is InChI=1S/C13H8ClFN2O2S2/c14-11-8(4-3-7-16-11)12(15)21(18,19)13-17-9-5-1-2-6-10(9)20-13/h1-7,12H. The number of fused-ring (bicyclic) bond motifs is 1. The lowest BCUT2D eigenvalue weighted by molar-refractivity contribution is 0.430. The van der Waals surface area contributed by atoms with Crippen LogP contribution in [0.4, 0.5) is 4.39 Å². The first kappa shape index (κ1) is 14.4. The van der Waals surface area contributed by atoms with E-state index >= 15 is 0 Å². The minimum absolute atomic E-state index is 0.172. The number of halogens is 2. The Morgan fingerprint density at radius 3 is 2.67 bits per heavy atom. The molecule has 0 radical (unpaired) electrons. The Morgan fingerprint density at radius 2 is 1.95 bits per heavy atom. The normalized spacial score (nSPS) is 13.4. The van der Waals surface area contributed by atoms with Crippen LogP contribution in [0.1, 0.15) is 11.1 Å². The minimum Gasteiger partial charge on any atom is -0.244 e. The number of nitrogens with zero attached hydrogens (tertiary/aromatic N) is 2. The zero-order valence-corrected chi connectivity index (χ0v) is 12.8. The number of alkyl halides is 1. The molecule has 108 valence electrons. The smallest absolute Gasteiger partial charge is 0.241 e. The second-order valence-corrected chi connectivity index (χ2v) is 7.73. The van der Waals surface area contributed by atoms with Crippen LogP contribution in [0.3, 0.4) is 0 Å². The molecule has 4 nitrogen and oxygen atoms in total. The molecule has 0 spiro atoms. The number of hydrogen-bond acceptors (Lipinski definition) is 5. The molecular formula is C13H8ClFN2O2S2. The van der Waals surface area contributed by atoms with Crippen LogP contribution in [0.15, 0.2) is 46.9 Å². The first-order valence-electron chi connectivity index (χ1n) is 5.84. The number of rotatable bonds is 3. The van der Waals surface area contributed by atoms with Gasteiger partial charge in [-0.2, -0.15) is 0 Å². The molecule has 0 N–H and O–H groups in total. The average molecular weight is 343 g/mol. The molecule has 3 rings (SSSR count). The van der Waals surface area contributed by atoms with Crippen molar-refractivity contribution >= 4 is 43.0 Å². The number of benzene rings is 1. The van der Waals surface area contributed by atoms with E-state index in [0.29, 0.717) is 10.2 Å². The molecule has 1 aromatic carbocycles. The third-order valence-corrected chi connectivity index (χ3v) is 6.29. The Hall–Kier alpha value is -1.57. The van der Waals surface area contributed by atoms with Gasteiger partial charge < -0.3 is 0 Å². The second-order valence-electron chi connectivity index (χ2n) is 4.19. The SMILES string of the molecule is O=S(=O)(c1nc2ccccc2s1)C(F)c1cccnc1Cl. The van der Waals surface area contributed by atoms with Crippen LogP contribution in [0, 0.1) is 0 Å². The Morgan fingerprint density at radius 1 is 1.19 bits per heavy atom. The topological polar surface area (TPSA) is 59.9 Å². The number of hydrogen-bond donors (Lipinski definition) is 0. The number of pyridine rings is 1. The summed E-state index contributed by atoms with van der Waals surface area (Å²) in [4.78, 5) is 7.68. The van der Waals surface area contributed by atoms with Gasteiger partial charge in [-0.3, -0.25) is 0 Å². The van der Waals surface area contributed by atoms with E-state index in [4.69, 9.17) is 11.6 Å². The van der Waals surface area contributed by atoms with Crippen molar-refractivity contribution in [2.75, 3.05) is 0 Å². The van der Waals surface area contributed by atoms with Crippen molar-refractivity contribution in [1.29, 1.82) is 0 Å². The Bertz CT molecular complexity index is 878. The highest BCUT2D eigenvalue weighted by molar-refractivity contribution is 7.93. The lowest BCUT2D eigenvalue weighted by atomic mass is 10.3. The van der Waals surface area contributed by atoms with E-state index in [-0.39, 0.29) is 15.1 Å². The van der Waals surface area contributed by atoms with Gasteiger partial charge in [-0.1, -0.05) is 29.8 Å². The highest BCUT2D eigenvalue weighted by atomic mass is 35.5. The van der Waals surface area contributed by atoms with Crippen LogP contribution in [0.25, 0.3) is 10.2 Å². The number of thiazole rings is 1. The summed E-state index contributed by atoms with van der Waals surface area (Å²) in [7, 11) is -4.26. The number of para-hydroxylation sites is 1. The van der Waals surface area contributed by atoms with Crippen LogP contribution >= 0.6 is 22.9 Å². The summed E-state index contributed by atoms with van der Waals surface area (Å²) in [6, 6.07) is 9.64.